The zero-order chi connectivity index (χ0) is 26.3. The number of likely N-dealkylation sites (tertiary alicyclic amines) is 1. The molecule has 2 aromatic heterocycles. The van der Waals surface area contributed by atoms with Crippen LogP contribution in [-0.2, 0) is 23.1 Å². The molecule has 1 unspecified atom stereocenters. The van der Waals surface area contributed by atoms with E-state index in [4.69, 9.17) is 0 Å². The van der Waals surface area contributed by atoms with E-state index >= 15 is 0 Å². The summed E-state index contributed by atoms with van der Waals surface area (Å²) in [6, 6.07) is 20.8. The van der Waals surface area contributed by atoms with Crippen molar-refractivity contribution in [1.82, 2.24) is 19.7 Å². The highest BCUT2D eigenvalue weighted by Crippen LogP contribution is 2.42. The molecule has 1 fully saturated rings. The number of halogens is 1. The quantitative estimate of drug-likeness (QED) is 0.266. The molecule has 0 bridgehead atoms. The SMILES string of the molecule is Cc1ncc(CC2(c3cc4cnn(-c5ccc(F)cc5)c4cc3C)CCN(C(=O)Cc3ccccc3)C2)s1. The van der Waals surface area contributed by atoms with E-state index in [1.165, 1.54) is 28.1 Å². The van der Waals surface area contributed by atoms with Crippen molar-refractivity contribution < 1.29 is 9.18 Å². The monoisotopic (exact) mass is 524 g/mol. The Hall–Kier alpha value is -3.84. The van der Waals surface area contributed by atoms with E-state index in [0.717, 1.165) is 46.5 Å². The number of aryl methyl sites for hydroxylation is 2. The molecule has 0 spiro atoms. The number of aromatic nitrogens is 3. The van der Waals surface area contributed by atoms with E-state index in [1.54, 1.807) is 23.5 Å². The van der Waals surface area contributed by atoms with Crippen LogP contribution in [-0.4, -0.2) is 38.7 Å². The molecule has 1 saturated heterocycles. The van der Waals surface area contributed by atoms with Gasteiger partial charge in [-0.1, -0.05) is 30.3 Å². The van der Waals surface area contributed by atoms with E-state index in [0.29, 0.717) is 13.0 Å². The van der Waals surface area contributed by atoms with E-state index in [2.05, 4.69) is 29.1 Å². The molecule has 0 saturated carbocycles. The van der Waals surface area contributed by atoms with E-state index in [1.807, 2.05) is 59.2 Å². The van der Waals surface area contributed by atoms with Crippen LogP contribution in [0.3, 0.4) is 0 Å². The average molecular weight is 525 g/mol. The minimum Gasteiger partial charge on any atom is -0.341 e. The topological polar surface area (TPSA) is 51.0 Å². The lowest BCUT2D eigenvalue weighted by atomic mass is 9.74. The average Bonchev–Trinajstić information content (AvgIpc) is 3.64. The van der Waals surface area contributed by atoms with Gasteiger partial charge in [0.2, 0.25) is 5.91 Å². The summed E-state index contributed by atoms with van der Waals surface area (Å²) < 4.78 is 15.4. The zero-order valence-corrected chi connectivity index (χ0v) is 22.3. The van der Waals surface area contributed by atoms with E-state index in [-0.39, 0.29) is 17.1 Å². The van der Waals surface area contributed by atoms with Crippen LogP contribution in [0.5, 0.6) is 0 Å². The Morgan fingerprint density at radius 2 is 1.84 bits per heavy atom. The molecule has 0 N–H and O–H groups in total. The number of fused-ring (bicyclic) bond motifs is 1. The van der Waals surface area contributed by atoms with Crippen LogP contribution in [0.15, 0.2) is 79.1 Å². The Balaban J connectivity index is 1.37. The van der Waals surface area contributed by atoms with Crippen LogP contribution < -0.4 is 0 Å². The Morgan fingerprint density at radius 1 is 1.05 bits per heavy atom. The number of thiazole rings is 1. The van der Waals surface area contributed by atoms with Gasteiger partial charge in [0, 0.05) is 35.0 Å². The molecule has 5 nitrogen and oxygen atoms in total. The fraction of sp³-hybridized carbons (Fsp3) is 0.258. The maximum Gasteiger partial charge on any atom is 0.227 e. The Labute approximate surface area is 225 Å². The van der Waals surface area contributed by atoms with Gasteiger partial charge < -0.3 is 4.90 Å². The van der Waals surface area contributed by atoms with Gasteiger partial charge in [-0.2, -0.15) is 5.10 Å². The lowest BCUT2D eigenvalue weighted by molar-refractivity contribution is -0.129. The summed E-state index contributed by atoms with van der Waals surface area (Å²) >= 11 is 1.73. The second kappa shape index (κ2) is 9.80. The van der Waals surface area contributed by atoms with Crippen molar-refractivity contribution in [2.45, 2.75) is 38.5 Å². The maximum absolute atomic E-state index is 13.5. The minimum atomic E-state index is -0.267. The highest BCUT2D eigenvalue weighted by Gasteiger charge is 2.42. The van der Waals surface area contributed by atoms with Crippen molar-refractivity contribution >= 4 is 28.1 Å². The summed E-state index contributed by atoms with van der Waals surface area (Å²) in [6.07, 6.45) is 6.00. The molecule has 1 atom stereocenters. The fourth-order valence-corrected chi connectivity index (χ4v) is 6.72. The minimum absolute atomic E-state index is 0.168. The Bertz CT molecular complexity index is 1610. The second-order valence-corrected chi connectivity index (χ2v) is 11.6. The summed E-state index contributed by atoms with van der Waals surface area (Å²) in [4.78, 5) is 21.1. The van der Waals surface area contributed by atoms with Crippen LogP contribution in [0.2, 0.25) is 0 Å². The number of rotatable bonds is 6. The number of hydrogen-bond donors (Lipinski definition) is 0. The smallest absolute Gasteiger partial charge is 0.227 e. The number of nitrogens with zero attached hydrogens (tertiary/aromatic N) is 4. The number of amides is 1. The molecular weight excluding hydrogens is 495 g/mol. The summed E-state index contributed by atoms with van der Waals surface area (Å²) in [5.74, 6) is -0.0991. The first-order chi connectivity index (χ1) is 18.4. The molecule has 38 heavy (non-hydrogen) atoms. The third-order valence-electron chi connectivity index (χ3n) is 7.64. The van der Waals surface area contributed by atoms with Gasteiger partial charge in [-0.15, -0.1) is 11.3 Å². The second-order valence-electron chi connectivity index (χ2n) is 10.3. The molecule has 7 heteroatoms. The molecule has 1 aliphatic rings. The first-order valence-electron chi connectivity index (χ1n) is 12.9. The van der Waals surface area contributed by atoms with Crippen LogP contribution >= 0.6 is 11.3 Å². The van der Waals surface area contributed by atoms with Crippen LogP contribution in [0.4, 0.5) is 4.39 Å². The van der Waals surface area contributed by atoms with Gasteiger partial charge >= 0.3 is 0 Å². The van der Waals surface area contributed by atoms with Gasteiger partial charge in [-0.3, -0.25) is 4.79 Å². The first kappa shape index (κ1) is 24.5. The predicted octanol–water partition coefficient (Wildman–Crippen LogP) is 6.19. The van der Waals surface area contributed by atoms with Gasteiger partial charge in [0.15, 0.2) is 0 Å². The van der Waals surface area contributed by atoms with Crippen LogP contribution in [0, 0.1) is 19.7 Å². The fourth-order valence-electron chi connectivity index (χ4n) is 5.79. The van der Waals surface area contributed by atoms with Crippen molar-refractivity contribution in [3.05, 3.63) is 112 Å². The molecule has 0 radical (unpaired) electrons. The first-order valence-corrected chi connectivity index (χ1v) is 13.7. The molecule has 6 rings (SSSR count). The predicted molar refractivity (Wildman–Crippen MR) is 149 cm³/mol. The van der Waals surface area contributed by atoms with Gasteiger partial charge in [0.25, 0.3) is 0 Å². The molecule has 3 aromatic carbocycles. The molecule has 3 heterocycles. The van der Waals surface area contributed by atoms with Gasteiger partial charge in [0.05, 0.1) is 28.8 Å². The van der Waals surface area contributed by atoms with Gasteiger partial charge in [0.1, 0.15) is 5.82 Å². The highest BCUT2D eigenvalue weighted by atomic mass is 32.1. The number of carbonyl (C=O) groups is 1. The number of hydrogen-bond acceptors (Lipinski definition) is 4. The van der Waals surface area contributed by atoms with Crippen molar-refractivity contribution in [1.29, 1.82) is 0 Å². The van der Waals surface area contributed by atoms with Gasteiger partial charge in [-0.25, -0.2) is 14.1 Å². The van der Waals surface area contributed by atoms with E-state index < -0.39 is 0 Å². The third kappa shape index (κ3) is 4.63. The highest BCUT2D eigenvalue weighted by molar-refractivity contribution is 7.11. The summed E-state index contributed by atoms with van der Waals surface area (Å²) in [7, 11) is 0. The van der Waals surface area contributed by atoms with Crippen molar-refractivity contribution in [2.24, 2.45) is 0 Å². The Kier molecular flexibility index (Phi) is 6.32. The third-order valence-corrected chi connectivity index (χ3v) is 8.56. The lowest BCUT2D eigenvalue weighted by Gasteiger charge is -2.31. The van der Waals surface area contributed by atoms with Crippen molar-refractivity contribution in [2.75, 3.05) is 13.1 Å². The standard InChI is InChI=1S/C31H29FN4OS/c1-21-14-29-24(18-34-36(29)26-10-8-25(32)9-11-26)16-28(21)31(17-27-19-33-22(2)38-27)12-13-35(20-31)30(37)15-23-6-4-3-5-7-23/h3-11,14,16,18-19H,12-13,15,17,20H2,1-2H3. The van der Waals surface area contributed by atoms with E-state index in [9.17, 15) is 9.18 Å². The summed E-state index contributed by atoms with van der Waals surface area (Å²) in [5, 5.41) is 6.71. The molecule has 5 aromatic rings. The molecule has 0 aliphatic carbocycles. The van der Waals surface area contributed by atoms with Crippen molar-refractivity contribution in [3.8, 4) is 5.69 Å². The number of benzene rings is 3. The van der Waals surface area contributed by atoms with Gasteiger partial charge in [-0.05, 0) is 79.8 Å². The molecule has 1 aliphatic heterocycles. The van der Waals surface area contributed by atoms with Crippen LogP contribution in [0.25, 0.3) is 16.6 Å². The molecule has 192 valence electrons. The molecule has 1 amide bonds. The Morgan fingerprint density at radius 3 is 2.58 bits per heavy atom. The van der Waals surface area contributed by atoms with Crippen molar-refractivity contribution in [3.63, 3.8) is 0 Å². The molecular formula is C31H29FN4OS. The lowest BCUT2D eigenvalue weighted by Crippen LogP contribution is -2.37. The zero-order valence-electron chi connectivity index (χ0n) is 21.5. The largest absolute Gasteiger partial charge is 0.341 e. The van der Waals surface area contributed by atoms with Crippen LogP contribution in [0.1, 0.15) is 33.0 Å². The normalized spacial score (nSPS) is 17.4. The maximum atomic E-state index is 13.5. The summed E-state index contributed by atoms with van der Waals surface area (Å²) in [6.45, 7) is 5.58. The number of carbonyl (C=O) groups excluding carboxylic acids is 1. The summed E-state index contributed by atoms with van der Waals surface area (Å²) in [5.41, 5.74) is 5.06.